The number of ether oxygens (including phenoxy) is 1. The van der Waals surface area contributed by atoms with Gasteiger partial charge in [0.1, 0.15) is 11.9 Å². The molecular weight excluding hydrogens is 228 g/mol. The molecule has 1 atom stereocenters. The maximum Gasteiger partial charge on any atom is 0.284 e. The lowest BCUT2D eigenvalue weighted by molar-refractivity contribution is 0.121. The summed E-state index contributed by atoms with van der Waals surface area (Å²) >= 11 is 0. The number of hydrogen-bond donors (Lipinski definition) is 1. The van der Waals surface area contributed by atoms with Crippen LogP contribution < -0.4 is 4.74 Å². The van der Waals surface area contributed by atoms with Crippen LogP contribution in [0.25, 0.3) is 0 Å². The minimum Gasteiger partial charge on any atom is -0.465 e. The zero-order valence-electron chi connectivity index (χ0n) is 11.2. The first-order chi connectivity index (χ1) is 8.79. The van der Waals surface area contributed by atoms with Gasteiger partial charge in [-0.2, -0.15) is 0 Å². The first-order valence-corrected chi connectivity index (χ1v) is 7.20. The largest absolute Gasteiger partial charge is 0.465 e. The predicted molar refractivity (Wildman–Crippen MR) is 70.6 cm³/mol. The molecular formula is C15H24O3. The first-order valence-electron chi connectivity index (χ1n) is 7.20. The van der Waals surface area contributed by atoms with Crippen molar-refractivity contribution in [3.05, 3.63) is 17.9 Å². The van der Waals surface area contributed by atoms with Gasteiger partial charge in [-0.3, -0.25) is 0 Å². The summed E-state index contributed by atoms with van der Waals surface area (Å²) in [5, 5.41) is 9.80. The molecule has 1 heterocycles. The van der Waals surface area contributed by atoms with Crippen LogP contribution in [-0.2, 0) is 0 Å². The van der Waals surface area contributed by atoms with Gasteiger partial charge in [0.25, 0.3) is 5.95 Å². The molecule has 2 rings (SSSR count). The second kappa shape index (κ2) is 6.83. The van der Waals surface area contributed by atoms with E-state index in [2.05, 4.69) is 0 Å². The Balaban J connectivity index is 1.79. The third-order valence-corrected chi connectivity index (χ3v) is 3.68. The third kappa shape index (κ3) is 3.77. The van der Waals surface area contributed by atoms with Crippen molar-refractivity contribution >= 4 is 0 Å². The molecule has 18 heavy (non-hydrogen) atoms. The molecule has 1 unspecified atom stereocenters. The van der Waals surface area contributed by atoms with Gasteiger partial charge in [0, 0.05) is 6.07 Å². The molecule has 0 bridgehead atoms. The van der Waals surface area contributed by atoms with Crippen LogP contribution in [0.1, 0.15) is 63.7 Å². The van der Waals surface area contributed by atoms with Crippen molar-refractivity contribution in [2.45, 2.75) is 58.0 Å². The number of rotatable bonds is 6. The smallest absolute Gasteiger partial charge is 0.284 e. The molecule has 1 aliphatic rings. The van der Waals surface area contributed by atoms with Crippen LogP contribution in [0.15, 0.2) is 16.5 Å². The van der Waals surface area contributed by atoms with E-state index in [4.69, 9.17) is 9.15 Å². The summed E-state index contributed by atoms with van der Waals surface area (Å²) < 4.78 is 11.2. The van der Waals surface area contributed by atoms with Crippen LogP contribution in [-0.4, -0.2) is 11.7 Å². The summed E-state index contributed by atoms with van der Waals surface area (Å²) in [5.41, 5.74) is 0. The number of furan rings is 1. The third-order valence-electron chi connectivity index (χ3n) is 3.68. The Hall–Kier alpha value is -0.960. The average Bonchev–Trinajstić information content (AvgIpc) is 2.87. The van der Waals surface area contributed by atoms with Crippen LogP contribution in [0.2, 0.25) is 0 Å². The van der Waals surface area contributed by atoms with E-state index in [-0.39, 0.29) is 0 Å². The van der Waals surface area contributed by atoms with Gasteiger partial charge in [0.05, 0.1) is 6.61 Å². The number of aliphatic hydroxyl groups is 1. The molecule has 1 saturated carbocycles. The van der Waals surface area contributed by atoms with Gasteiger partial charge in [-0.05, 0) is 31.2 Å². The Morgan fingerprint density at radius 1 is 1.33 bits per heavy atom. The lowest BCUT2D eigenvalue weighted by atomic mass is 9.90. The maximum atomic E-state index is 9.80. The van der Waals surface area contributed by atoms with E-state index in [0.29, 0.717) is 17.6 Å². The molecule has 0 aromatic carbocycles. The molecule has 102 valence electrons. The molecule has 1 aromatic heterocycles. The Kier molecular flexibility index (Phi) is 5.12. The van der Waals surface area contributed by atoms with Crippen LogP contribution >= 0.6 is 0 Å². The van der Waals surface area contributed by atoms with Crippen molar-refractivity contribution in [3.8, 4) is 5.95 Å². The summed E-state index contributed by atoms with van der Waals surface area (Å²) in [6.45, 7) is 2.80. The first kappa shape index (κ1) is 13.5. The molecule has 3 heteroatoms. The topological polar surface area (TPSA) is 42.6 Å². The zero-order chi connectivity index (χ0) is 12.8. The fourth-order valence-electron chi connectivity index (χ4n) is 2.56. The molecule has 0 aliphatic heterocycles. The van der Waals surface area contributed by atoms with E-state index in [1.807, 2.05) is 19.1 Å². The van der Waals surface area contributed by atoms with E-state index >= 15 is 0 Å². The maximum absolute atomic E-state index is 9.80. The van der Waals surface area contributed by atoms with E-state index in [9.17, 15) is 5.11 Å². The molecule has 0 saturated heterocycles. The van der Waals surface area contributed by atoms with Gasteiger partial charge in [-0.1, -0.05) is 32.6 Å². The normalized spacial score (nSPS) is 18.8. The Morgan fingerprint density at radius 2 is 2.11 bits per heavy atom. The highest BCUT2D eigenvalue weighted by molar-refractivity contribution is 5.13. The van der Waals surface area contributed by atoms with Gasteiger partial charge in [-0.25, -0.2) is 0 Å². The average molecular weight is 252 g/mol. The number of aliphatic hydroxyl groups excluding tert-OH is 1. The molecule has 0 radical (unpaired) electrons. The molecule has 3 nitrogen and oxygen atoms in total. The second-order valence-corrected chi connectivity index (χ2v) is 5.28. The summed E-state index contributed by atoms with van der Waals surface area (Å²) in [7, 11) is 0. The molecule has 1 aromatic rings. The molecule has 0 spiro atoms. The Bertz CT molecular complexity index is 339. The quantitative estimate of drug-likeness (QED) is 0.829. The minimum atomic E-state index is -0.498. The summed E-state index contributed by atoms with van der Waals surface area (Å²) in [4.78, 5) is 0. The van der Waals surface area contributed by atoms with Crippen LogP contribution in [0.5, 0.6) is 5.95 Å². The fourth-order valence-corrected chi connectivity index (χ4v) is 2.56. The monoisotopic (exact) mass is 252 g/mol. The summed E-state index contributed by atoms with van der Waals surface area (Å²) in [6.07, 6.45) is 7.74. The SMILES string of the molecule is CCCC(O)c1ccc(OCC2CCCCC2)o1. The fraction of sp³-hybridized carbons (Fsp3) is 0.733. The second-order valence-electron chi connectivity index (χ2n) is 5.28. The molecule has 0 amide bonds. The van der Waals surface area contributed by atoms with Crippen molar-refractivity contribution in [2.75, 3.05) is 6.61 Å². The van der Waals surface area contributed by atoms with Gasteiger partial charge in [0.15, 0.2) is 0 Å². The lowest BCUT2D eigenvalue weighted by Crippen LogP contribution is -2.14. The lowest BCUT2D eigenvalue weighted by Gasteiger charge is -2.20. The van der Waals surface area contributed by atoms with Crippen LogP contribution in [0.3, 0.4) is 0 Å². The van der Waals surface area contributed by atoms with Gasteiger partial charge in [0.2, 0.25) is 0 Å². The standard InChI is InChI=1S/C15H24O3/c1-2-6-13(16)14-9-10-15(18-14)17-11-12-7-4-3-5-8-12/h9-10,12-13,16H,2-8,11H2,1H3. The highest BCUT2D eigenvalue weighted by atomic mass is 16.6. The number of hydrogen-bond acceptors (Lipinski definition) is 3. The molecule has 1 aliphatic carbocycles. The van der Waals surface area contributed by atoms with E-state index in [1.54, 1.807) is 0 Å². The van der Waals surface area contributed by atoms with Crippen LogP contribution in [0, 0.1) is 5.92 Å². The Labute approximate surface area is 109 Å². The highest BCUT2D eigenvalue weighted by Gasteiger charge is 2.16. The Morgan fingerprint density at radius 3 is 2.83 bits per heavy atom. The summed E-state index contributed by atoms with van der Waals surface area (Å²) in [5.74, 6) is 1.84. The van der Waals surface area contributed by atoms with Gasteiger partial charge < -0.3 is 14.3 Å². The van der Waals surface area contributed by atoms with Crippen molar-refractivity contribution < 1.29 is 14.3 Å². The summed E-state index contributed by atoms with van der Waals surface area (Å²) in [6, 6.07) is 3.63. The van der Waals surface area contributed by atoms with E-state index in [1.165, 1.54) is 32.1 Å². The van der Waals surface area contributed by atoms with Gasteiger partial charge >= 0.3 is 0 Å². The van der Waals surface area contributed by atoms with Crippen molar-refractivity contribution in [1.82, 2.24) is 0 Å². The van der Waals surface area contributed by atoms with E-state index in [0.717, 1.165) is 19.4 Å². The molecule has 1 N–H and O–H groups in total. The highest BCUT2D eigenvalue weighted by Crippen LogP contribution is 2.27. The zero-order valence-corrected chi connectivity index (χ0v) is 11.2. The van der Waals surface area contributed by atoms with Crippen molar-refractivity contribution in [2.24, 2.45) is 5.92 Å². The van der Waals surface area contributed by atoms with Crippen molar-refractivity contribution in [1.29, 1.82) is 0 Å². The van der Waals surface area contributed by atoms with Crippen LogP contribution in [0.4, 0.5) is 0 Å². The van der Waals surface area contributed by atoms with Crippen molar-refractivity contribution in [3.63, 3.8) is 0 Å². The minimum absolute atomic E-state index is 0.498. The molecule has 1 fully saturated rings. The van der Waals surface area contributed by atoms with E-state index < -0.39 is 6.10 Å². The predicted octanol–water partition coefficient (Wildman–Crippen LogP) is 4.07. The van der Waals surface area contributed by atoms with Gasteiger partial charge in [-0.15, -0.1) is 0 Å².